The number of pyridine rings is 1. The van der Waals surface area contributed by atoms with E-state index in [-0.39, 0.29) is 6.04 Å². The van der Waals surface area contributed by atoms with Crippen molar-refractivity contribution in [1.82, 2.24) is 20.1 Å². The molecule has 3 atom stereocenters. The van der Waals surface area contributed by atoms with Gasteiger partial charge in [0.1, 0.15) is 5.82 Å². The molecule has 0 spiro atoms. The predicted molar refractivity (Wildman–Crippen MR) is 122 cm³/mol. The van der Waals surface area contributed by atoms with Crippen LogP contribution in [0.4, 0.5) is 11.6 Å². The summed E-state index contributed by atoms with van der Waals surface area (Å²) in [5.41, 5.74) is 3.65. The lowest BCUT2D eigenvalue weighted by atomic mass is 9.98. The highest BCUT2D eigenvalue weighted by molar-refractivity contribution is 5.94. The first-order chi connectivity index (χ1) is 15.0. The fraction of sp³-hybridized carbons (Fsp3) is 0.417. The van der Waals surface area contributed by atoms with Crippen molar-refractivity contribution in [3.8, 4) is 6.07 Å². The second-order valence-electron chi connectivity index (χ2n) is 8.78. The third-order valence-corrected chi connectivity index (χ3v) is 7.00. The Morgan fingerprint density at radius 2 is 2.03 bits per heavy atom. The molecule has 0 saturated carbocycles. The standard InChI is InChI=1S/C24H27N7/c1-14-17(11-25)6-5-7-18(14)15(2)27-24-19-10-23(26-12-20(19)16(3)28-29-24)31-9-8-21-22(31)13-30(21)4/h5-7,10,12,15,21-22H,8-9,13H2,1-4H3,(H,27,29)/t15-,21-,22-/m1/s1. The van der Waals surface area contributed by atoms with E-state index in [1.807, 2.05) is 32.2 Å². The molecule has 2 aromatic heterocycles. The van der Waals surface area contributed by atoms with Crippen LogP contribution in [0.15, 0.2) is 30.5 Å². The molecule has 158 valence electrons. The maximum Gasteiger partial charge on any atom is 0.157 e. The lowest BCUT2D eigenvalue weighted by molar-refractivity contribution is 0.116. The Labute approximate surface area is 182 Å². The highest BCUT2D eigenvalue weighted by Gasteiger charge is 2.45. The Morgan fingerprint density at radius 3 is 2.77 bits per heavy atom. The Kier molecular flexibility index (Phi) is 4.75. The largest absolute Gasteiger partial charge is 0.362 e. The van der Waals surface area contributed by atoms with Gasteiger partial charge in [0.05, 0.1) is 29.4 Å². The molecule has 31 heavy (non-hydrogen) atoms. The zero-order valence-electron chi connectivity index (χ0n) is 18.4. The topological polar surface area (TPSA) is 81.0 Å². The smallest absolute Gasteiger partial charge is 0.157 e. The van der Waals surface area contributed by atoms with Gasteiger partial charge < -0.3 is 10.2 Å². The molecule has 7 heteroatoms. The first kappa shape index (κ1) is 19.7. The molecule has 0 aliphatic carbocycles. The van der Waals surface area contributed by atoms with Crippen molar-refractivity contribution >= 4 is 22.4 Å². The first-order valence-corrected chi connectivity index (χ1v) is 10.8. The van der Waals surface area contributed by atoms with Crippen LogP contribution < -0.4 is 10.2 Å². The molecular formula is C24H27N7. The number of aromatic nitrogens is 3. The monoisotopic (exact) mass is 413 g/mol. The number of benzene rings is 1. The molecule has 0 bridgehead atoms. The van der Waals surface area contributed by atoms with Gasteiger partial charge in [0, 0.05) is 36.1 Å². The van der Waals surface area contributed by atoms with E-state index < -0.39 is 0 Å². The molecule has 0 amide bonds. The summed E-state index contributed by atoms with van der Waals surface area (Å²) in [5, 5.41) is 23.8. The normalized spacial score (nSPS) is 21.5. The van der Waals surface area contributed by atoms with Crippen LogP contribution in [0.25, 0.3) is 10.8 Å². The van der Waals surface area contributed by atoms with Crippen LogP contribution in [-0.2, 0) is 0 Å². The van der Waals surface area contributed by atoms with Gasteiger partial charge in [0.2, 0.25) is 0 Å². The number of likely N-dealkylation sites (N-methyl/N-ethyl adjacent to an activating group) is 1. The number of nitriles is 1. The lowest BCUT2D eigenvalue weighted by Gasteiger charge is -2.44. The highest BCUT2D eigenvalue weighted by Crippen LogP contribution is 2.36. The summed E-state index contributed by atoms with van der Waals surface area (Å²) >= 11 is 0. The molecule has 0 radical (unpaired) electrons. The second-order valence-corrected chi connectivity index (χ2v) is 8.78. The van der Waals surface area contributed by atoms with Gasteiger partial charge in [-0.15, -0.1) is 5.10 Å². The van der Waals surface area contributed by atoms with Crippen molar-refractivity contribution in [3.63, 3.8) is 0 Å². The van der Waals surface area contributed by atoms with Crippen LogP contribution >= 0.6 is 0 Å². The van der Waals surface area contributed by atoms with Crippen molar-refractivity contribution < 1.29 is 0 Å². The highest BCUT2D eigenvalue weighted by atomic mass is 15.4. The van der Waals surface area contributed by atoms with Crippen molar-refractivity contribution in [2.24, 2.45) is 0 Å². The third kappa shape index (κ3) is 3.19. The number of fused-ring (bicyclic) bond motifs is 2. The molecule has 3 aromatic rings. The van der Waals surface area contributed by atoms with E-state index in [1.54, 1.807) is 0 Å². The van der Waals surface area contributed by atoms with E-state index in [2.05, 4.69) is 57.5 Å². The summed E-state index contributed by atoms with van der Waals surface area (Å²) in [4.78, 5) is 9.65. The van der Waals surface area contributed by atoms with Crippen molar-refractivity contribution in [2.75, 3.05) is 30.4 Å². The SMILES string of the molecule is Cc1c(C#N)cccc1[C@@H](C)Nc1nnc(C)c2cnc(N3CC[C@@H]4[C@H]3CN4C)cc12. The molecule has 2 saturated heterocycles. The fourth-order valence-electron chi connectivity index (χ4n) is 5.10. The van der Waals surface area contributed by atoms with Crippen LogP contribution in [0, 0.1) is 25.2 Å². The number of rotatable bonds is 4. The van der Waals surface area contributed by atoms with Gasteiger partial charge in [-0.1, -0.05) is 12.1 Å². The summed E-state index contributed by atoms with van der Waals surface area (Å²) in [5.74, 6) is 1.76. The minimum absolute atomic E-state index is 0.0124. The second kappa shape index (κ2) is 7.47. The van der Waals surface area contributed by atoms with Gasteiger partial charge in [-0.25, -0.2) is 4.98 Å². The zero-order valence-corrected chi connectivity index (χ0v) is 18.4. The maximum absolute atomic E-state index is 9.37. The van der Waals surface area contributed by atoms with Crippen molar-refractivity contribution in [2.45, 2.75) is 45.3 Å². The maximum atomic E-state index is 9.37. The van der Waals surface area contributed by atoms with Gasteiger partial charge in [-0.2, -0.15) is 10.4 Å². The van der Waals surface area contributed by atoms with Crippen LogP contribution in [0.3, 0.4) is 0 Å². The molecule has 2 aliphatic rings. The third-order valence-electron chi connectivity index (χ3n) is 7.00. The Bertz CT molecular complexity index is 1200. The Morgan fingerprint density at radius 1 is 1.19 bits per heavy atom. The van der Waals surface area contributed by atoms with Crippen molar-refractivity contribution in [1.29, 1.82) is 5.26 Å². The number of nitrogens with one attached hydrogen (secondary N) is 1. The van der Waals surface area contributed by atoms with Gasteiger partial charge in [0.25, 0.3) is 0 Å². The Hall–Kier alpha value is -3.24. The summed E-state index contributed by atoms with van der Waals surface area (Å²) in [7, 11) is 2.20. The Balaban J connectivity index is 1.50. The molecule has 4 heterocycles. The number of hydrogen-bond donors (Lipinski definition) is 1. The summed E-state index contributed by atoms with van der Waals surface area (Å²) < 4.78 is 0. The first-order valence-electron chi connectivity index (χ1n) is 10.8. The molecule has 2 aliphatic heterocycles. The molecule has 0 unspecified atom stereocenters. The molecular weight excluding hydrogens is 386 g/mol. The van der Waals surface area contributed by atoms with E-state index in [0.29, 0.717) is 17.6 Å². The number of anilines is 2. The summed E-state index contributed by atoms with van der Waals surface area (Å²) in [6, 6.07) is 11.5. The number of likely N-dealkylation sites (tertiary alicyclic amines) is 1. The molecule has 1 aromatic carbocycles. The van der Waals surface area contributed by atoms with E-state index in [0.717, 1.165) is 52.3 Å². The lowest BCUT2D eigenvalue weighted by Crippen LogP contribution is -2.60. The molecule has 2 fully saturated rings. The number of nitrogens with zero attached hydrogens (tertiary/aromatic N) is 6. The molecule has 1 N–H and O–H groups in total. The number of hydrogen-bond acceptors (Lipinski definition) is 7. The van der Waals surface area contributed by atoms with Crippen LogP contribution in [0.2, 0.25) is 0 Å². The number of aryl methyl sites for hydroxylation is 1. The van der Waals surface area contributed by atoms with Crippen molar-refractivity contribution in [3.05, 3.63) is 52.8 Å². The average molecular weight is 414 g/mol. The predicted octanol–water partition coefficient (Wildman–Crippen LogP) is 3.58. The fourth-order valence-corrected chi connectivity index (χ4v) is 5.10. The van der Waals surface area contributed by atoms with Gasteiger partial charge in [0.15, 0.2) is 5.82 Å². The van der Waals surface area contributed by atoms with Crippen LogP contribution in [-0.4, -0.2) is 52.3 Å². The van der Waals surface area contributed by atoms with Crippen LogP contribution in [0.1, 0.15) is 41.8 Å². The van der Waals surface area contributed by atoms with Gasteiger partial charge in [-0.05, 0) is 57.5 Å². The quantitative estimate of drug-likeness (QED) is 0.700. The minimum atomic E-state index is -0.0124. The zero-order chi connectivity index (χ0) is 21.7. The van der Waals surface area contributed by atoms with Gasteiger partial charge >= 0.3 is 0 Å². The molecule has 5 rings (SSSR count). The minimum Gasteiger partial charge on any atom is -0.362 e. The van der Waals surface area contributed by atoms with E-state index in [4.69, 9.17) is 4.98 Å². The average Bonchev–Trinajstić information content (AvgIpc) is 3.12. The summed E-state index contributed by atoms with van der Waals surface area (Å²) in [6.45, 7) is 8.18. The van der Waals surface area contributed by atoms with E-state index >= 15 is 0 Å². The van der Waals surface area contributed by atoms with Gasteiger partial charge in [-0.3, -0.25) is 4.90 Å². The summed E-state index contributed by atoms with van der Waals surface area (Å²) in [6.07, 6.45) is 3.12. The molecule has 7 nitrogen and oxygen atoms in total. The van der Waals surface area contributed by atoms with E-state index in [9.17, 15) is 5.26 Å². The van der Waals surface area contributed by atoms with Crippen LogP contribution in [0.5, 0.6) is 0 Å². The van der Waals surface area contributed by atoms with E-state index in [1.165, 1.54) is 6.42 Å².